The van der Waals surface area contributed by atoms with Crippen LogP contribution in [0.25, 0.3) is 10.2 Å². The van der Waals surface area contributed by atoms with Crippen LogP contribution in [-0.2, 0) is 0 Å². The van der Waals surface area contributed by atoms with E-state index < -0.39 is 0 Å². The fourth-order valence-electron chi connectivity index (χ4n) is 2.80. The van der Waals surface area contributed by atoms with E-state index in [9.17, 15) is 0 Å². The minimum absolute atomic E-state index is 0.453. The summed E-state index contributed by atoms with van der Waals surface area (Å²) in [5, 5.41) is 7.28. The van der Waals surface area contributed by atoms with Gasteiger partial charge in [-0.15, -0.1) is 0 Å². The Kier molecular flexibility index (Phi) is 4.37. The van der Waals surface area contributed by atoms with Crippen molar-refractivity contribution in [2.24, 2.45) is 0 Å². The second-order valence-corrected chi connectivity index (χ2v) is 7.50. The van der Waals surface area contributed by atoms with Crippen molar-refractivity contribution in [3.63, 3.8) is 0 Å². The van der Waals surface area contributed by atoms with E-state index >= 15 is 0 Å². The summed E-state index contributed by atoms with van der Waals surface area (Å²) in [5.74, 6) is 1.10. The van der Waals surface area contributed by atoms with Crippen molar-refractivity contribution in [3.05, 3.63) is 59.4 Å². The molecule has 7 heteroatoms. The second kappa shape index (κ2) is 6.85. The van der Waals surface area contributed by atoms with Crippen LogP contribution in [0.1, 0.15) is 16.7 Å². The molecule has 0 aliphatic carbocycles. The number of rotatable bonds is 4. The second-order valence-electron chi connectivity index (χ2n) is 6.47. The summed E-state index contributed by atoms with van der Waals surface area (Å²) in [4.78, 5) is 13.2. The Morgan fingerprint density at radius 3 is 2.56 bits per heavy atom. The molecule has 0 bridgehead atoms. The molecule has 0 aliphatic rings. The number of hydrogen-bond donors (Lipinski definition) is 3. The standard InChI is InChI=1S/C20H20N6S/c1-11-7-8-15-16(9-11)27-20(25-15)26-19-17(21)18(22-10-23-19)24-14-6-4-5-12(2)13(14)3/h4-10H,21H2,1-3H3,(H2,22,23,24,25,26). The topological polar surface area (TPSA) is 88.8 Å². The lowest BCUT2D eigenvalue weighted by Crippen LogP contribution is -2.06. The SMILES string of the molecule is Cc1ccc2nc(Nc3ncnc(Nc4cccc(C)c4C)c3N)sc2c1. The quantitative estimate of drug-likeness (QED) is 0.460. The summed E-state index contributed by atoms with van der Waals surface area (Å²) in [6, 6.07) is 12.3. The molecule has 0 spiro atoms. The average molecular weight is 376 g/mol. The number of nitrogen functional groups attached to an aromatic ring is 1. The fourth-order valence-corrected chi connectivity index (χ4v) is 3.76. The molecule has 136 valence electrons. The lowest BCUT2D eigenvalue weighted by Gasteiger charge is -2.14. The molecule has 2 aromatic carbocycles. The summed E-state index contributed by atoms with van der Waals surface area (Å²) < 4.78 is 1.12. The van der Waals surface area contributed by atoms with Crippen molar-refractivity contribution in [1.29, 1.82) is 0 Å². The highest BCUT2D eigenvalue weighted by Gasteiger charge is 2.12. The van der Waals surface area contributed by atoms with Crippen LogP contribution in [0.3, 0.4) is 0 Å². The van der Waals surface area contributed by atoms with E-state index in [0.29, 0.717) is 17.3 Å². The molecular weight excluding hydrogens is 356 g/mol. The highest BCUT2D eigenvalue weighted by molar-refractivity contribution is 7.22. The van der Waals surface area contributed by atoms with E-state index in [4.69, 9.17) is 5.73 Å². The van der Waals surface area contributed by atoms with E-state index in [2.05, 4.69) is 64.6 Å². The molecular formula is C20H20N6S. The summed E-state index contributed by atoms with van der Waals surface area (Å²) >= 11 is 1.57. The minimum atomic E-state index is 0.453. The lowest BCUT2D eigenvalue weighted by molar-refractivity contribution is 1.17. The molecule has 6 nitrogen and oxygen atoms in total. The number of nitrogens with two attached hydrogens (primary N) is 1. The summed E-state index contributed by atoms with van der Waals surface area (Å²) in [6.07, 6.45) is 1.49. The van der Waals surface area contributed by atoms with E-state index in [1.54, 1.807) is 11.3 Å². The van der Waals surface area contributed by atoms with Gasteiger partial charge in [-0.05, 0) is 55.7 Å². The van der Waals surface area contributed by atoms with E-state index in [0.717, 1.165) is 26.6 Å². The molecule has 0 radical (unpaired) electrons. The van der Waals surface area contributed by atoms with Gasteiger partial charge in [0.15, 0.2) is 16.8 Å². The minimum Gasteiger partial charge on any atom is -0.393 e. The Hall–Kier alpha value is -3.19. The van der Waals surface area contributed by atoms with Crippen molar-refractivity contribution in [1.82, 2.24) is 15.0 Å². The van der Waals surface area contributed by atoms with Crippen molar-refractivity contribution in [2.45, 2.75) is 20.8 Å². The van der Waals surface area contributed by atoms with Crippen LogP contribution in [0.4, 0.5) is 28.1 Å². The molecule has 2 aromatic heterocycles. The lowest BCUT2D eigenvalue weighted by atomic mass is 10.1. The summed E-state index contributed by atoms with van der Waals surface area (Å²) in [7, 11) is 0. The Labute approximate surface area is 161 Å². The van der Waals surface area contributed by atoms with Gasteiger partial charge in [0.2, 0.25) is 0 Å². The van der Waals surface area contributed by atoms with Crippen LogP contribution in [0.15, 0.2) is 42.7 Å². The number of nitrogens with zero attached hydrogens (tertiary/aromatic N) is 3. The highest BCUT2D eigenvalue weighted by Crippen LogP contribution is 2.33. The van der Waals surface area contributed by atoms with Gasteiger partial charge in [-0.1, -0.05) is 29.5 Å². The number of aryl methyl sites for hydroxylation is 2. The molecule has 0 unspecified atom stereocenters. The number of thiazole rings is 1. The van der Waals surface area contributed by atoms with Gasteiger partial charge in [0, 0.05) is 5.69 Å². The van der Waals surface area contributed by atoms with Gasteiger partial charge in [0.1, 0.15) is 12.0 Å². The van der Waals surface area contributed by atoms with Crippen molar-refractivity contribution in [3.8, 4) is 0 Å². The number of anilines is 5. The van der Waals surface area contributed by atoms with E-state index in [1.165, 1.54) is 17.5 Å². The fraction of sp³-hybridized carbons (Fsp3) is 0.150. The van der Waals surface area contributed by atoms with Gasteiger partial charge in [-0.2, -0.15) is 0 Å². The third kappa shape index (κ3) is 3.41. The average Bonchev–Trinajstić information content (AvgIpc) is 3.03. The van der Waals surface area contributed by atoms with Crippen LogP contribution >= 0.6 is 11.3 Å². The molecule has 4 rings (SSSR count). The number of fused-ring (bicyclic) bond motifs is 1. The largest absolute Gasteiger partial charge is 0.393 e. The first-order chi connectivity index (χ1) is 13.0. The van der Waals surface area contributed by atoms with Crippen LogP contribution in [0, 0.1) is 20.8 Å². The summed E-state index contributed by atoms with van der Waals surface area (Å²) in [5.41, 5.74) is 12.3. The van der Waals surface area contributed by atoms with Crippen LogP contribution < -0.4 is 16.4 Å². The predicted octanol–water partition coefficient (Wildman–Crippen LogP) is 5.08. The van der Waals surface area contributed by atoms with E-state index in [-0.39, 0.29) is 0 Å². The van der Waals surface area contributed by atoms with Gasteiger partial charge in [0.25, 0.3) is 0 Å². The normalized spacial score (nSPS) is 10.9. The van der Waals surface area contributed by atoms with Crippen molar-refractivity contribution in [2.75, 3.05) is 16.4 Å². The first-order valence-corrected chi connectivity index (χ1v) is 9.41. The zero-order valence-electron chi connectivity index (χ0n) is 15.4. The number of benzene rings is 2. The molecule has 4 aromatic rings. The maximum absolute atomic E-state index is 6.31. The summed E-state index contributed by atoms with van der Waals surface area (Å²) in [6.45, 7) is 6.21. The third-order valence-corrected chi connectivity index (χ3v) is 5.44. The van der Waals surface area contributed by atoms with Crippen LogP contribution in [-0.4, -0.2) is 15.0 Å². The van der Waals surface area contributed by atoms with Crippen molar-refractivity contribution >= 4 is 49.7 Å². The first kappa shape index (κ1) is 17.2. The number of hydrogen-bond acceptors (Lipinski definition) is 7. The van der Waals surface area contributed by atoms with Gasteiger partial charge < -0.3 is 16.4 Å². The zero-order valence-corrected chi connectivity index (χ0v) is 16.2. The monoisotopic (exact) mass is 376 g/mol. The highest BCUT2D eigenvalue weighted by atomic mass is 32.1. The molecule has 0 amide bonds. The van der Waals surface area contributed by atoms with Gasteiger partial charge in [-0.3, -0.25) is 0 Å². The molecule has 4 N–H and O–H groups in total. The van der Waals surface area contributed by atoms with Crippen LogP contribution in [0.2, 0.25) is 0 Å². The molecule has 2 heterocycles. The van der Waals surface area contributed by atoms with Crippen molar-refractivity contribution < 1.29 is 0 Å². The molecule has 0 atom stereocenters. The Morgan fingerprint density at radius 2 is 1.74 bits per heavy atom. The van der Waals surface area contributed by atoms with Gasteiger partial charge in [-0.25, -0.2) is 15.0 Å². The van der Waals surface area contributed by atoms with Crippen LogP contribution in [0.5, 0.6) is 0 Å². The molecule has 0 saturated heterocycles. The molecule has 27 heavy (non-hydrogen) atoms. The first-order valence-electron chi connectivity index (χ1n) is 8.59. The number of nitrogens with one attached hydrogen (secondary N) is 2. The molecule has 0 fully saturated rings. The van der Waals surface area contributed by atoms with Gasteiger partial charge in [0.05, 0.1) is 10.2 Å². The third-order valence-electron chi connectivity index (χ3n) is 4.51. The number of aromatic nitrogens is 3. The Bertz CT molecular complexity index is 1130. The smallest absolute Gasteiger partial charge is 0.189 e. The Morgan fingerprint density at radius 1 is 0.963 bits per heavy atom. The predicted molar refractivity (Wildman–Crippen MR) is 113 cm³/mol. The molecule has 0 aliphatic heterocycles. The zero-order chi connectivity index (χ0) is 19.0. The maximum atomic E-state index is 6.31. The molecule has 0 saturated carbocycles. The maximum Gasteiger partial charge on any atom is 0.189 e. The van der Waals surface area contributed by atoms with Gasteiger partial charge >= 0.3 is 0 Å². The Balaban J connectivity index is 1.64. The van der Waals surface area contributed by atoms with E-state index in [1.807, 2.05) is 18.2 Å².